The van der Waals surface area contributed by atoms with Gasteiger partial charge in [-0.25, -0.2) is 0 Å². The molecule has 1 N–H and O–H groups in total. The van der Waals surface area contributed by atoms with E-state index in [0.29, 0.717) is 30.5 Å². The molecule has 5 nitrogen and oxygen atoms in total. The van der Waals surface area contributed by atoms with Crippen LogP contribution in [0.15, 0.2) is 24.3 Å². The number of morpholine rings is 1. The van der Waals surface area contributed by atoms with Crippen LogP contribution in [0.4, 0.5) is 0 Å². The number of aliphatic hydroxyl groups is 1. The van der Waals surface area contributed by atoms with Crippen LogP contribution >= 0.6 is 0 Å². The first-order chi connectivity index (χ1) is 10.1. The Hall–Kier alpha value is -1.61. The molecule has 1 aromatic carbocycles. The third-order valence-electron chi connectivity index (χ3n) is 3.59. The first-order valence-corrected chi connectivity index (χ1v) is 7.25. The SMILES string of the molecule is CC1CN(CC(O)COc2cccc(C#N)c2)C(C)CO1. The van der Waals surface area contributed by atoms with Crippen molar-refractivity contribution in [2.45, 2.75) is 32.1 Å². The second kappa shape index (κ2) is 7.41. The van der Waals surface area contributed by atoms with Crippen molar-refractivity contribution in [3.8, 4) is 11.8 Å². The summed E-state index contributed by atoms with van der Waals surface area (Å²) >= 11 is 0. The Morgan fingerprint density at radius 3 is 3.10 bits per heavy atom. The van der Waals surface area contributed by atoms with Crippen molar-refractivity contribution >= 4 is 0 Å². The lowest BCUT2D eigenvalue weighted by Crippen LogP contribution is -2.50. The predicted octanol–water partition coefficient (Wildman–Crippen LogP) is 1.41. The van der Waals surface area contributed by atoms with Gasteiger partial charge >= 0.3 is 0 Å². The van der Waals surface area contributed by atoms with Gasteiger partial charge in [0.25, 0.3) is 0 Å². The van der Waals surface area contributed by atoms with Gasteiger partial charge in [-0.2, -0.15) is 5.26 Å². The third kappa shape index (κ3) is 4.71. The largest absolute Gasteiger partial charge is 0.491 e. The van der Waals surface area contributed by atoms with Crippen molar-refractivity contribution in [2.75, 3.05) is 26.3 Å². The summed E-state index contributed by atoms with van der Waals surface area (Å²) in [5, 5.41) is 19.0. The Labute approximate surface area is 125 Å². The topological polar surface area (TPSA) is 65.7 Å². The van der Waals surface area contributed by atoms with E-state index in [9.17, 15) is 5.11 Å². The number of ether oxygens (including phenoxy) is 2. The Morgan fingerprint density at radius 1 is 1.52 bits per heavy atom. The van der Waals surface area contributed by atoms with Crippen LogP contribution in [0, 0.1) is 11.3 Å². The summed E-state index contributed by atoms with van der Waals surface area (Å²) in [6.07, 6.45) is -0.370. The quantitative estimate of drug-likeness (QED) is 0.888. The Bertz CT molecular complexity index is 501. The molecule has 0 radical (unpaired) electrons. The number of hydrogen-bond acceptors (Lipinski definition) is 5. The Kier molecular flexibility index (Phi) is 5.57. The zero-order chi connectivity index (χ0) is 15.2. The molecule has 5 heteroatoms. The fraction of sp³-hybridized carbons (Fsp3) is 0.562. The summed E-state index contributed by atoms with van der Waals surface area (Å²) < 4.78 is 11.1. The molecule has 0 aromatic heterocycles. The molecule has 0 aliphatic carbocycles. The fourth-order valence-electron chi connectivity index (χ4n) is 2.40. The van der Waals surface area contributed by atoms with Gasteiger partial charge in [0.05, 0.1) is 24.3 Å². The number of rotatable bonds is 5. The normalized spacial score (nSPS) is 24.3. The van der Waals surface area contributed by atoms with E-state index in [1.54, 1.807) is 24.3 Å². The van der Waals surface area contributed by atoms with Crippen LogP contribution in [0.2, 0.25) is 0 Å². The minimum Gasteiger partial charge on any atom is -0.491 e. The molecule has 3 atom stereocenters. The van der Waals surface area contributed by atoms with Gasteiger partial charge in [0.1, 0.15) is 18.5 Å². The number of β-amino-alcohol motifs (C(OH)–C–C–N with tert-alkyl or cyclic N) is 1. The molecule has 0 saturated carbocycles. The van der Waals surface area contributed by atoms with Gasteiger partial charge in [-0.1, -0.05) is 6.07 Å². The summed E-state index contributed by atoms with van der Waals surface area (Å²) in [6, 6.07) is 9.32. The van der Waals surface area contributed by atoms with E-state index < -0.39 is 6.10 Å². The molecule has 1 heterocycles. The molecule has 0 bridgehead atoms. The van der Waals surface area contributed by atoms with Gasteiger partial charge in [0.2, 0.25) is 0 Å². The van der Waals surface area contributed by atoms with Crippen LogP contribution in [-0.2, 0) is 4.74 Å². The summed E-state index contributed by atoms with van der Waals surface area (Å²) in [6.45, 7) is 6.42. The highest BCUT2D eigenvalue weighted by molar-refractivity contribution is 5.36. The first kappa shape index (κ1) is 15.8. The van der Waals surface area contributed by atoms with Crippen molar-refractivity contribution in [1.29, 1.82) is 5.26 Å². The monoisotopic (exact) mass is 290 g/mol. The average molecular weight is 290 g/mol. The summed E-state index contributed by atoms with van der Waals surface area (Å²) in [7, 11) is 0. The first-order valence-electron chi connectivity index (χ1n) is 7.25. The molecule has 1 aromatic rings. The maximum absolute atomic E-state index is 10.1. The molecule has 1 aliphatic heterocycles. The molecule has 1 aliphatic rings. The maximum atomic E-state index is 10.1. The van der Waals surface area contributed by atoms with Crippen LogP contribution in [0.3, 0.4) is 0 Å². The zero-order valence-corrected chi connectivity index (χ0v) is 12.5. The van der Waals surface area contributed by atoms with Crippen LogP contribution in [0.25, 0.3) is 0 Å². The second-order valence-corrected chi connectivity index (χ2v) is 5.55. The molecule has 0 spiro atoms. The van der Waals surface area contributed by atoms with Crippen LogP contribution in [0.5, 0.6) is 5.75 Å². The van der Waals surface area contributed by atoms with Crippen molar-refractivity contribution in [2.24, 2.45) is 0 Å². The second-order valence-electron chi connectivity index (χ2n) is 5.55. The lowest BCUT2D eigenvalue weighted by atomic mass is 10.2. The minimum atomic E-state index is -0.566. The van der Waals surface area contributed by atoms with Gasteiger partial charge < -0.3 is 14.6 Å². The molecule has 2 rings (SSSR count). The molecule has 1 fully saturated rings. The number of nitriles is 1. The molecule has 1 saturated heterocycles. The van der Waals surface area contributed by atoms with Gasteiger partial charge in [-0.3, -0.25) is 4.90 Å². The number of benzene rings is 1. The Balaban J connectivity index is 1.81. The van der Waals surface area contributed by atoms with E-state index in [1.165, 1.54) is 0 Å². The highest BCUT2D eigenvalue weighted by Gasteiger charge is 2.25. The Morgan fingerprint density at radius 2 is 2.33 bits per heavy atom. The number of hydrogen-bond donors (Lipinski definition) is 1. The summed E-state index contributed by atoms with van der Waals surface area (Å²) in [5.74, 6) is 0.608. The number of aliphatic hydroxyl groups excluding tert-OH is 1. The van der Waals surface area contributed by atoms with Crippen LogP contribution in [0.1, 0.15) is 19.4 Å². The van der Waals surface area contributed by atoms with Gasteiger partial charge in [0, 0.05) is 19.1 Å². The van der Waals surface area contributed by atoms with E-state index in [-0.39, 0.29) is 12.7 Å². The van der Waals surface area contributed by atoms with Crippen molar-refractivity contribution < 1.29 is 14.6 Å². The molecular weight excluding hydrogens is 268 g/mol. The van der Waals surface area contributed by atoms with Gasteiger partial charge in [0.15, 0.2) is 0 Å². The van der Waals surface area contributed by atoms with Crippen molar-refractivity contribution in [1.82, 2.24) is 4.90 Å². The zero-order valence-electron chi connectivity index (χ0n) is 12.5. The van der Waals surface area contributed by atoms with Gasteiger partial charge in [-0.15, -0.1) is 0 Å². The molecule has 0 amide bonds. The van der Waals surface area contributed by atoms with E-state index >= 15 is 0 Å². The van der Waals surface area contributed by atoms with Crippen molar-refractivity contribution in [3.63, 3.8) is 0 Å². The summed E-state index contributed by atoms with van der Waals surface area (Å²) in [4.78, 5) is 2.22. The standard InChI is InChI=1S/C16H22N2O3/c1-12-10-20-13(2)8-18(12)9-15(19)11-21-16-5-3-4-14(6-16)7-17/h3-6,12-13,15,19H,8-11H2,1-2H3. The van der Waals surface area contributed by atoms with E-state index in [4.69, 9.17) is 14.7 Å². The molecular formula is C16H22N2O3. The molecule has 21 heavy (non-hydrogen) atoms. The number of nitrogens with zero attached hydrogens (tertiary/aromatic N) is 2. The molecule has 114 valence electrons. The minimum absolute atomic E-state index is 0.196. The van der Waals surface area contributed by atoms with Gasteiger partial charge in [-0.05, 0) is 32.0 Å². The fourth-order valence-corrected chi connectivity index (χ4v) is 2.40. The molecule has 3 unspecified atom stereocenters. The lowest BCUT2D eigenvalue weighted by Gasteiger charge is -2.37. The third-order valence-corrected chi connectivity index (χ3v) is 3.59. The maximum Gasteiger partial charge on any atom is 0.120 e. The highest BCUT2D eigenvalue weighted by atomic mass is 16.5. The average Bonchev–Trinajstić information content (AvgIpc) is 2.49. The van der Waals surface area contributed by atoms with Crippen LogP contribution in [-0.4, -0.2) is 54.6 Å². The lowest BCUT2D eigenvalue weighted by molar-refractivity contribution is -0.0650. The van der Waals surface area contributed by atoms with E-state index in [2.05, 4.69) is 17.9 Å². The van der Waals surface area contributed by atoms with Crippen LogP contribution < -0.4 is 4.74 Å². The van der Waals surface area contributed by atoms with Crippen molar-refractivity contribution in [3.05, 3.63) is 29.8 Å². The summed E-state index contributed by atoms with van der Waals surface area (Å²) in [5.41, 5.74) is 0.553. The van der Waals surface area contributed by atoms with E-state index in [0.717, 1.165) is 6.54 Å². The smallest absolute Gasteiger partial charge is 0.120 e. The highest BCUT2D eigenvalue weighted by Crippen LogP contribution is 2.14. The predicted molar refractivity (Wildman–Crippen MR) is 79.1 cm³/mol. The van der Waals surface area contributed by atoms with E-state index in [1.807, 2.05) is 6.92 Å².